The topological polar surface area (TPSA) is 71.1 Å². The number of benzene rings is 1. The van der Waals surface area contributed by atoms with E-state index >= 15 is 0 Å². The molecule has 6 nitrogen and oxygen atoms in total. The van der Waals surface area contributed by atoms with Crippen molar-refractivity contribution in [2.24, 2.45) is 17.8 Å². The standard InChI is InChI=1S/C22H28O6/c1-4-27-21(24)28-20(23)16-8-17(19(26-3)9-18(16)25-2)22-10-13-5-14(11-22)7-15(6-13)12-22/h8-9,13-15H,4-7,10-12H2,1-3H3. The molecule has 0 unspecified atom stereocenters. The Kier molecular flexibility index (Phi) is 4.98. The Morgan fingerprint density at radius 3 is 2.04 bits per heavy atom. The van der Waals surface area contributed by atoms with Gasteiger partial charge in [0.25, 0.3) is 0 Å². The molecule has 0 heterocycles. The first-order valence-electron chi connectivity index (χ1n) is 10.1. The average Bonchev–Trinajstić information content (AvgIpc) is 2.65. The van der Waals surface area contributed by atoms with E-state index in [0.717, 1.165) is 48.3 Å². The molecule has 0 radical (unpaired) electrons. The van der Waals surface area contributed by atoms with Gasteiger partial charge in [-0.15, -0.1) is 0 Å². The van der Waals surface area contributed by atoms with Gasteiger partial charge in [-0.1, -0.05) is 0 Å². The number of methoxy groups -OCH3 is 2. The van der Waals surface area contributed by atoms with E-state index in [1.165, 1.54) is 26.4 Å². The van der Waals surface area contributed by atoms with Crippen LogP contribution in [0.5, 0.6) is 11.5 Å². The molecule has 152 valence electrons. The monoisotopic (exact) mass is 388 g/mol. The van der Waals surface area contributed by atoms with E-state index in [1.807, 2.05) is 6.07 Å². The van der Waals surface area contributed by atoms with Crippen LogP contribution in [0.1, 0.15) is 61.4 Å². The maximum Gasteiger partial charge on any atom is 0.516 e. The van der Waals surface area contributed by atoms with Crippen LogP contribution in [0.2, 0.25) is 0 Å². The van der Waals surface area contributed by atoms with E-state index in [-0.39, 0.29) is 17.6 Å². The third-order valence-corrected chi connectivity index (χ3v) is 6.79. The first-order chi connectivity index (χ1) is 13.5. The van der Waals surface area contributed by atoms with Gasteiger partial charge in [0.15, 0.2) is 0 Å². The zero-order valence-corrected chi connectivity index (χ0v) is 16.8. The van der Waals surface area contributed by atoms with Crippen LogP contribution < -0.4 is 9.47 Å². The summed E-state index contributed by atoms with van der Waals surface area (Å²) >= 11 is 0. The van der Waals surface area contributed by atoms with Crippen LogP contribution in [0.15, 0.2) is 12.1 Å². The molecule has 6 heteroatoms. The Balaban J connectivity index is 1.73. The van der Waals surface area contributed by atoms with E-state index in [2.05, 4.69) is 0 Å². The van der Waals surface area contributed by atoms with Crippen LogP contribution in [0.25, 0.3) is 0 Å². The second-order valence-electron chi connectivity index (χ2n) is 8.52. The normalized spacial score (nSPS) is 30.0. The van der Waals surface area contributed by atoms with Gasteiger partial charge >= 0.3 is 12.1 Å². The first kappa shape index (κ1) is 19.1. The van der Waals surface area contributed by atoms with E-state index in [0.29, 0.717) is 5.75 Å². The summed E-state index contributed by atoms with van der Waals surface area (Å²) < 4.78 is 20.7. The lowest BCUT2D eigenvalue weighted by Gasteiger charge is -2.57. The van der Waals surface area contributed by atoms with Crippen molar-refractivity contribution in [3.05, 3.63) is 23.3 Å². The number of carbonyl (C=O) groups is 2. The SMILES string of the molecule is CCOC(=O)OC(=O)c1cc(C23CC4CC(CC(C4)C2)C3)c(OC)cc1OC. The van der Waals surface area contributed by atoms with E-state index in [9.17, 15) is 9.59 Å². The van der Waals surface area contributed by atoms with Crippen LogP contribution in [-0.2, 0) is 14.9 Å². The highest BCUT2D eigenvalue weighted by molar-refractivity contribution is 5.98. The Labute approximate surface area is 165 Å². The summed E-state index contributed by atoms with van der Waals surface area (Å²) in [5, 5.41) is 0. The molecule has 4 aliphatic rings. The molecule has 0 atom stereocenters. The zero-order chi connectivity index (χ0) is 19.9. The number of hydrogen-bond acceptors (Lipinski definition) is 6. The van der Waals surface area contributed by atoms with Gasteiger partial charge in [-0.05, 0) is 74.7 Å². The minimum atomic E-state index is -0.998. The number of carbonyl (C=O) groups excluding carboxylic acids is 2. The van der Waals surface area contributed by atoms with Gasteiger partial charge in [0.2, 0.25) is 0 Å². The smallest absolute Gasteiger partial charge is 0.496 e. The fraction of sp³-hybridized carbons (Fsp3) is 0.636. The van der Waals surface area contributed by atoms with Crippen molar-refractivity contribution in [2.45, 2.75) is 50.9 Å². The molecule has 0 spiro atoms. The lowest BCUT2D eigenvalue weighted by atomic mass is 9.48. The van der Waals surface area contributed by atoms with Gasteiger partial charge in [-0.3, -0.25) is 0 Å². The number of rotatable bonds is 5. The Hall–Kier alpha value is -2.24. The van der Waals surface area contributed by atoms with Gasteiger partial charge in [-0.25, -0.2) is 9.59 Å². The fourth-order valence-corrected chi connectivity index (χ4v) is 6.19. The van der Waals surface area contributed by atoms with Gasteiger partial charge < -0.3 is 18.9 Å². The molecule has 0 aliphatic heterocycles. The predicted octanol–water partition coefficient (Wildman–Crippen LogP) is 4.48. The van der Waals surface area contributed by atoms with E-state index in [1.54, 1.807) is 20.1 Å². The Morgan fingerprint density at radius 2 is 1.54 bits per heavy atom. The Morgan fingerprint density at radius 1 is 0.964 bits per heavy atom. The molecule has 1 aromatic rings. The van der Waals surface area contributed by atoms with Crippen molar-refractivity contribution in [1.29, 1.82) is 0 Å². The molecule has 4 aliphatic carbocycles. The summed E-state index contributed by atoms with van der Waals surface area (Å²) in [7, 11) is 3.13. The quantitative estimate of drug-likeness (QED) is 0.547. The molecule has 0 saturated heterocycles. The van der Waals surface area contributed by atoms with Gasteiger partial charge in [0, 0.05) is 11.6 Å². The lowest BCUT2D eigenvalue weighted by molar-refractivity contribution is -0.00621. The van der Waals surface area contributed by atoms with Gasteiger partial charge in [0.05, 0.1) is 20.8 Å². The van der Waals surface area contributed by atoms with Crippen LogP contribution >= 0.6 is 0 Å². The summed E-state index contributed by atoms with van der Waals surface area (Å²) in [4.78, 5) is 24.3. The molecule has 4 bridgehead atoms. The van der Waals surface area contributed by atoms with Crippen molar-refractivity contribution in [3.8, 4) is 11.5 Å². The van der Waals surface area contributed by atoms with Crippen molar-refractivity contribution < 1.29 is 28.5 Å². The largest absolute Gasteiger partial charge is 0.516 e. The summed E-state index contributed by atoms with van der Waals surface area (Å²) in [5.41, 5.74) is 1.32. The average molecular weight is 388 g/mol. The Bertz CT molecular complexity index is 748. The van der Waals surface area contributed by atoms with Crippen molar-refractivity contribution in [1.82, 2.24) is 0 Å². The van der Waals surface area contributed by atoms with E-state index < -0.39 is 12.1 Å². The fourth-order valence-electron chi connectivity index (χ4n) is 6.19. The highest BCUT2D eigenvalue weighted by atomic mass is 16.7. The van der Waals surface area contributed by atoms with Crippen LogP contribution in [-0.4, -0.2) is 33.0 Å². The maximum atomic E-state index is 12.6. The second kappa shape index (κ2) is 7.30. The molecule has 0 N–H and O–H groups in total. The third kappa shape index (κ3) is 3.23. The summed E-state index contributed by atoms with van der Waals surface area (Å²) in [5.74, 6) is 2.59. The van der Waals surface area contributed by atoms with Crippen LogP contribution in [0.3, 0.4) is 0 Å². The molecular weight excluding hydrogens is 360 g/mol. The number of hydrogen-bond donors (Lipinski definition) is 0. The molecule has 0 amide bonds. The zero-order valence-electron chi connectivity index (χ0n) is 16.8. The van der Waals surface area contributed by atoms with Crippen LogP contribution in [0, 0.1) is 17.8 Å². The van der Waals surface area contributed by atoms with E-state index in [4.69, 9.17) is 18.9 Å². The molecular formula is C22H28O6. The lowest BCUT2D eigenvalue weighted by Crippen LogP contribution is -2.48. The van der Waals surface area contributed by atoms with Crippen LogP contribution in [0.4, 0.5) is 4.79 Å². The molecule has 0 aromatic heterocycles. The molecule has 5 rings (SSSR count). The maximum absolute atomic E-state index is 12.6. The number of esters is 1. The summed E-state index contributed by atoms with van der Waals surface area (Å²) in [6, 6.07) is 3.57. The highest BCUT2D eigenvalue weighted by Crippen LogP contribution is 2.62. The second-order valence-corrected chi connectivity index (χ2v) is 8.52. The minimum absolute atomic E-state index is 0.0331. The summed E-state index contributed by atoms with van der Waals surface area (Å²) in [6.45, 7) is 1.80. The molecule has 1 aromatic carbocycles. The number of ether oxygens (including phenoxy) is 4. The third-order valence-electron chi connectivity index (χ3n) is 6.79. The highest BCUT2D eigenvalue weighted by Gasteiger charge is 2.52. The molecule has 4 fully saturated rings. The predicted molar refractivity (Wildman–Crippen MR) is 102 cm³/mol. The van der Waals surface area contributed by atoms with Crippen molar-refractivity contribution in [2.75, 3.05) is 20.8 Å². The van der Waals surface area contributed by atoms with Gasteiger partial charge in [-0.2, -0.15) is 0 Å². The van der Waals surface area contributed by atoms with Crippen molar-refractivity contribution in [3.63, 3.8) is 0 Å². The van der Waals surface area contributed by atoms with Gasteiger partial charge in [0.1, 0.15) is 17.1 Å². The first-order valence-corrected chi connectivity index (χ1v) is 10.1. The minimum Gasteiger partial charge on any atom is -0.496 e. The molecule has 28 heavy (non-hydrogen) atoms. The summed E-state index contributed by atoms with van der Waals surface area (Å²) in [6.07, 6.45) is 6.39. The van der Waals surface area contributed by atoms with Crippen molar-refractivity contribution >= 4 is 12.1 Å². The molecule has 4 saturated carbocycles.